The van der Waals surface area contributed by atoms with Crippen molar-refractivity contribution in [3.05, 3.63) is 253 Å². The Bertz CT molecular complexity index is 5060. The molecule has 3 heterocycles. The molecule has 1 aromatic heterocycles. The zero-order valence-corrected chi connectivity index (χ0v) is 46.2. The van der Waals surface area contributed by atoms with E-state index in [-0.39, 0.29) is 22.2 Å². The molecule has 10 aromatic carbocycles. The highest BCUT2D eigenvalue weighted by Gasteiger charge is 2.46. The topological polar surface area (TPSA) is 9.72 Å². The number of para-hydroxylation sites is 2. The molecule has 0 atom stereocenters. The van der Waals surface area contributed by atoms with Crippen LogP contribution in [0.5, 0.6) is 0 Å². The van der Waals surface area contributed by atoms with Gasteiger partial charge in [-0.25, -0.2) is 0 Å². The molecular weight excluding hydrogens is 974 g/mol. The van der Waals surface area contributed by atoms with Gasteiger partial charge in [-0.3, -0.25) is 0 Å². The summed E-state index contributed by atoms with van der Waals surface area (Å²) in [7, 11) is 0. The van der Waals surface area contributed by atoms with Crippen LogP contribution in [0.1, 0.15) is 105 Å². The Morgan fingerprint density at radius 1 is 0.418 bits per heavy atom. The second-order valence-corrected chi connectivity index (χ2v) is 24.3. The summed E-state index contributed by atoms with van der Waals surface area (Å²) in [5, 5.41) is 0.703. The van der Waals surface area contributed by atoms with Gasteiger partial charge in [0.25, 0.3) is 6.71 Å². The Balaban J connectivity index is 1.24. The monoisotopic (exact) mass is 1060 g/mol. The maximum atomic E-state index is 10.3. The minimum absolute atomic E-state index is 0.0580. The van der Waals surface area contributed by atoms with Crippen LogP contribution in [0.4, 0.5) is 51.2 Å². The van der Waals surface area contributed by atoms with Gasteiger partial charge in [-0.15, -0.1) is 11.3 Å². The van der Waals surface area contributed by atoms with Crippen LogP contribution in [-0.2, 0) is 16.2 Å². The van der Waals surface area contributed by atoms with E-state index in [1.807, 2.05) is 66.7 Å². The van der Waals surface area contributed by atoms with Crippen LogP contribution < -0.4 is 30.4 Å². The smallest absolute Gasteiger partial charge is 0.264 e. The second-order valence-electron chi connectivity index (χ2n) is 23.2. The summed E-state index contributed by atoms with van der Waals surface area (Å²) >= 11 is 1.46. The number of benzene rings is 10. The van der Waals surface area contributed by atoms with Crippen molar-refractivity contribution in [1.29, 1.82) is 0 Å². The molecule has 11 aromatic rings. The van der Waals surface area contributed by atoms with Crippen LogP contribution in [-0.4, -0.2) is 6.71 Å². The molecule has 3 nitrogen and oxygen atoms in total. The van der Waals surface area contributed by atoms with Crippen molar-refractivity contribution >= 4 is 95.0 Å². The molecule has 0 amide bonds. The van der Waals surface area contributed by atoms with Crippen molar-refractivity contribution in [2.24, 2.45) is 0 Å². The van der Waals surface area contributed by atoms with Crippen molar-refractivity contribution in [3.63, 3.8) is 0 Å². The number of fused-ring (bicyclic) bond motifs is 6. The van der Waals surface area contributed by atoms with Crippen molar-refractivity contribution in [2.75, 3.05) is 14.7 Å². The van der Waals surface area contributed by atoms with E-state index in [0.29, 0.717) is 55.1 Å². The number of rotatable bonds is 8. The highest BCUT2D eigenvalue weighted by molar-refractivity contribution is 7.33. The lowest BCUT2D eigenvalue weighted by molar-refractivity contribution is 0.590. The zero-order valence-electron chi connectivity index (χ0n) is 64.4. The fourth-order valence-electron chi connectivity index (χ4n) is 10.9. The normalized spacial score (nSPS) is 16.4. The molecule has 0 saturated carbocycles. The van der Waals surface area contributed by atoms with Gasteiger partial charge in [-0.05, 0) is 156 Å². The molecule has 0 bridgehead atoms. The summed E-state index contributed by atoms with van der Waals surface area (Å²) in [4.78, 5) is 5.03. The first kappa shape index (κ1) is 33.2. The number of thiophene rings is 1. The molecule has 0 spiro atoms. The van der Waals surface area contributed by atoms with Gasteiger partial charge < -0.3 is 14.7 Å². The van der Waals surface area contributed by atoms with E-state index in [9.17, 15) is 11.0 Å². The van der Waals surface area contributed by atoms with Crippen molar-refractivity contribution < 1.29 is 26.0 Å². The number of hydrogen-bond donors (Lipinski definition) is 0. The molecule has 0 unspecified atom stereocenters. The quantitative estimate of drug-likeness (QED) is 0.140. The predicted octanol–water partition coefficient (Wildman–Crippen LogP) is 19.3. The van der Waals surface area contributed by atoms with E-state index in [0.717, 1.165) is 43.0 Å². The lowest BCUT2D eigenvalue weighted by Gasteiger charge is -2.44. The lowest BCUT2D eigenvalue weighted by Crippen LogP contribution is -2.60. The Morgan fingerprint density at radius 2 is 0.975 bits per heavy atom. The first-order valence-electron chi connectivity index (χ1n) is 35.9. The first-order chi connectivity index (χ1) is 46.0. The minimum Gasteiger partial charge on any atom is -0.311 e. The Hall–Kier alpha value is -8.38. The summed E-state index contributed by atoms with van der Waals surface area (Å²) in [6.07, 6.45) is 0. The molecule has 0 fully saturated rings. The van der Waals surface area contributed by atoms with Crippen LogP contribution in [0, 0.1) is 0 Å². The number of anilines is 9. The van der Waals surface area contributed by atoms with Gasteiger partial charge in [-0.2, -0.15) is 0 Å². The van der Waals surface area contributed by atoms with Crippen molar-refractivity contribution in [2.45, 2.75) is 78.6 Å². The Labute approximate surface area is 498 Å². The van der Waals surface area contributed by atoms with E-state index in [1.165, 1.54) is 11.3 Å². The average Bonchev–Trinajstić information content (AvgIpc) is 1.22. The maximum Gasteiger partial charge on any atom is 0.264 e. The third-order valence-corrected chi connectivity index (χ3v) is 16.3. The molecule has 5 heteroatoms. The van der Waals surface area contributed by atoms with Crippen LogP contribution in [0.2, 0.25) is 0 Å². The molecule has 13 rings (SSSR count). The summed E-state index contributed by atoms with van der Waals surface area (Å²) in [6, 6.07) is 26.7. The molecule has 0 radical (unpaired) electrons. The molecule has 0 aliphatic carbocycles. The van der Waals surface area contributed by atoms with Crippen LogP contribution in [0.3, 0.4) is 0 Å². The highest BCUT2D eigenvalue weighted by atomic mass is 32.1. The zero-order chi connectivity index (χ0) is 70.9. The van der Waals surface area contributed by atoms with Gasteiger partial charge in [0.15, 0.2) is 0 Å². The molecule has 0 N–H and O–H groups in total. The SMILES string of the molecule is [2H]c1c([2H])c([2H])c(-c2c([2H])c([2H])c(N3c4cc(-c5ccc(C(C)(C)C)cc5)cc5c4B(c4ccc(N(c6c([2H])c([2H])c([2H])c([2H])c6[2H])c6c([2H])c([2H])c([2H])c([2H])c6[2H])cc4N5c4ccc(C(C)(C)C)cc4-c4ccccc4)c4sc5ccc(C(C)(C)C)cc5c43)c([2H])c2[2H])c([2H])c1[2H]. The fraction of sp³-hybridized carbons (Fsp3) is 0.162. The fourth-order valence-corrected chi connectivity index (χ4v) is 12.2. The van der Waals surface area contributed by atoms with E-state index in [1.54, 1.807) is 17.0 Å². The first-order valence-corrected chi connectivity index (χ1v) is 27.2. The molecule has 79 heavy (non-hydrogen) atoms. The van der Waals surface area contributed by atoms with Crippen LogP contribution in [0.25, 0.3) is 43.5 Å². The van der Waals surface area contributed by atoms with E-state index in [2.05, 4.69) is 110 Å². The molecule has 2 aliphatic rings. The van der Waals surface area contributed by atoms with Crippen molar-refractivity contribution in [3.8, 4) is 33.4 Å². The summed E-state index contributed by atoms with van der Waals surface area (Å²) < 4.78 is 177. The van der Waals surface area contributed by atoms with Gasteiger partial charge in [0.1, 0.15) is 0 Å². The average molecular weight is 1060 g/mol. The van der Waals surface area contributed by atoms with Gasteiger partial charge in [0.05, 0.1) is 37.4 Å². The van der Waals surface area contributed by atoms with E-state index < -0.39 is 149 Å². The van der Waals surface area contributed by atoms with Crippen LogP contribution >= 0.6 is 11.3 Å². The summed E-state index contributed by atoms with van der Waals surface area (Å²) in [6.45, 7) is 18.2. The number of nitrogens with zero attached hydrogens (tertiary/aromatic N) is 3. The molecule has 0 saturated heterocycles. The van der Waals surface area contributed by atoms with Gasteiger partial charge in [-0.1, -0.05) is 214 Å². The standard InChI is InChI=1S/C74H66BN3S/c1-72(2,3)54-34-30-51(31-35-54)53-44-66-69-67(45-53)78(64-42-36-55(73(4,5)6)46-61(64)52-24-16-11-17-25-52)65-48-60(76(57-26-18-12-19-27-57)58-28-20-13-21-29-58)40-41-63(65)75(69)71-70(62-47-56(74(7,8)9)37-43-68(62)79-71)77(66)59-38-32-50(33-39-59)49-22-14-10-15-23-49/h10-48H,1-9H3/i10D,12D,13D,14D,15D,18D,19D,20D,21D,22D,23D,26D,27D,28D,29D,32D,33D,38D,39D. The van der Waals surface area contributed by atoms with E-state index in [4.69, 9.17) is 15.1 Å². The molecule has 386 valence electrons. The Kier molecular flexibility index (Phi) is 8.06. The number of hydrogen-bond acceptors (Lipinski definition) is 4. The minimum atomic E-state index is -0.775. The Morgan fingerprint density at radius 3 is 1.59 bits per heavy atom. The van der Waals surface area contributed by atoms with E-state index >= 15 is 0 Å². The van der Waals surface area contributed by atoms with Crippen molar-refractivity contribution in [1.82, 2.24) is 0 Å². The third-order valence-electron chi connectivity index (χ3n) is 15.0. The predicted molar refractivity (Wildman–Crippen MR) is 343 cm³/mol. The van der Waals surface area contributed by atoms with Gasteiger partial charge in [0.2, 0.25) is 0 Å². The summed E-state index contributed by atoms with van der Waals surface area (Å²) in [5.41, 5.74) is 6.75. The maximum absolute atomic E-state index is 10.3. The molecule has 2 aliphatic heterocycles. The largest absolute Gasteiger partial charge is 0.311 e. The van der Waals surface area contributed by atoms with Gasteiger partial charge >= 0.3 is 0 Å². The van der Waals surface area contributed by atoms with Crippen LogP contribution in [0.15, 0.2) is 236 Å². The highest BCUT2D eigenvalue weighted by Crippen LogP contribution is 2.52. The third kappa shape index (κ3) is 8.95. The second kappa shape index (κ2) is 19.2. The molecular formula is C74H66BN3S. The lowest BCUT2D eigenvalue weighted by atomic mass is 9.36. The van der Waals surface area contributed by atoms with Gasteiger partial charge in [0, 0.05) is 60.2 Å². The summed E-state index contributed by atoms with van der Waals surface area (Å²) in [5.74, 6) is 0.